The number of aliphatic hydroxyl groups is 2. The Morgan fingerprint density at radius 3 is 2.74 bits per heavy atom. The van der Waals surface area contributed by atoms with Crippen LogP contribution in [0, 0.1) is 17.9 Å². The third-order valence-electron chi connectivity index (χ3n) is 3.35. The normalized spacial score (nSPS) is 25.7. The SMILES string of the molecule is O[C@@H]1CC(CCOC#Cc2ccccc2Cl)[C@H](O)C1. The van der Waals surface area contributed by atoms with E-state index in [1.807, 2.05) is 18.2 Å². The third kappa shape index (κ3) is 4.14. The van der Waals surface area contributed by atoms with Gasteiger partial charge in [0, 0.05) is 5.56 Å². The predicted molar refractivity (Wildman–Crippen MR) is 73.6 cm³/mol. The molecule has 3 nitrogen and oxygen atoms in total. The van der Waals surface area contributed by atoms with Crippen LogP contribution >= 0.6 is 11.6 Å². The molecule has 4 heteroatoms. The zero-order valence-corrected chi connectivity index (χ0v) is 11.3. The Bertz CT molecular complexity index is 478. The minimum Gasteiger partial charge on any atom is -0.446 e. The third-order valence-corrected chi connectivity index (χ3v) is 3.68. The van der Waals surface area contributed by atoms with Gasteiger partial charge in [-0.2, -0.15) is 0 Å². The first-order valence-electron chi connectivity index (χ1n) is 6.40. The fourth-order valence-electron chi connectivity index (χ4n) is 2.30. The molecule has 0 aliphatic heterocycles. The Labute approximate surface area is 118 Å². The van der Waals surface area contributed by atoms with E-state index in [0.29, 0.717) is 30.9 Å². The number of ether oxygens (including phenoxy) is 1. The van der Waals surface area contributed by atoms with Crippen LogP contribution in [-0.4, -0.2) is 29.0 Å². The first-order chi connectivity index (χ1) is 9.16. The maximum atomic E-state index is 9.66. The van der Waals surface area contributed by atoms with Gasteiger partial charge in [-0.3, -0.25) is 0 Å². The van der Waals surface area contributed by atoms with Crippen molar-refractivity contribution in [1.82, 2.24) is 0 Å². The summed E-state index contributed by atoms with van der Waals surface area (Å²) in [6, 6.07) is 7.32. The molecule has 2 rings (SSSR count). The van der Waals surface area contributed by atoms with Gasteiger partial charge in [-0.15, -0.1) is 0 Å². The van der Waals surface area contributed by atoms with Gasteiger partial charge in [-0.1, -0.05) is 23.7 Å². The number of aliphatic hydroxyl groups excluding tert-OH is 2. The summed E-state index contributed by atoms with van der Waals surface area (Å²) >= 11 is 5.96. The average molecular weight is 281 g/mol. The van der Waals surface area contributed by atoms with E-state index in [-0.39, 0.29) is 12.0 Å². The van der Waals surface area contributed by atoms with Gasteiger partial charge in [0.2, 0.25) is 0 Å². The van der Waals surface area contributed by atoms with Crippen molar-refractivity contribution in [2.75, 3.05) is 6.61 Å². The summed E-state index contributed by atoms with van der Waals surface area (Å²) in [5.41, 5.74) is 0.737. The van der Waals surface area contributed by atoms with Crippen LogP contribution in [0.5, 0.6) is 0 Å². The molecule has 0 saturated heterocycles. The number of hydrogen-bond donors (Lipinski definition) is 2. The molecule has 1 saturated carbocycles. The molecular weight excluding hydrogens is 264 g/mol. The fourth-order valence-corrected chi connectivity index (χ4v) is 2.48. The summed E-state index contributed by atoms with van der Waals surface area (Å²) in [6.07, 6.45) is 3.63. The maximum Gasteiger partial charge on any atom is 0.115 e. The lowest BCUT2D eigenvalue weighted by Crippen LogP contribution is -2.14. The lowest BCUT2D eigenvalue weighted by atomic mass is 10.0. The molecule has 0 radical (unpaired) electrons. The van der Waals surface area contributed by atoms with E-state index in [9.17, 15) is 10.2 Å². The van der Waals surface area contributed by atoms with E-state index in [1.165, 1.54) is 0 Å². The molecule has 0 bridgehead atoms. The molecule has 0 aromatic heterocycles. The Kier molecular flexibility index (Phi) is 5.09. The second-order valence-electron chi connectivity index (χ2n) is 4.80. The topological polar surface area (TPSA) is 49.7 Å². The Balaban J connectivity index is 1.75. The largest absolute Gasteiger partial charge is 0.446 e. The van der Waals surface area contributed by atoms with Crippen molar-refractivity contribution in [2.45, 2.75) is 31.5 Å². The zero-order chi connectivity index (χ0) is 13.7. The quantitative estimate of drug-likeness (QED) is 0.659. The molecule has 19 heavy (non-hydrogen) atoms. The number of hydrogen-bond acceptors (Lipinski definition) is 3. The van der Waals surface area contributed by atoms with Crippen molar-refractivity contribution in [3.8, 4) is 12.0 Å². The van der Waals surface area contributed by atoms with E-state index >= 15 is 0 Å². The molecule has 0 heterocycles. The number of rotatable bonds is 3. The van der Waals surface area contributed by atoms with E-state index < -0.39 is 6.10 Å². The van der Waals surface area contributed by atoms with Crippen molar-refractivity contribution in [3.63, 3.8) is 0 Å². The second kappa shape index (κ2) is 6.81. The Morgan fingerprint density at radius 2 is 2.05 bits per heavy atom. The highest BCUT2D eigenvalue weighted by Crippen LogP contribution is 2.28. The van der Waals surface area contributed by atoms with Crippen LogP contribution in [-0.2, 0) is 4.74 Å². The second-order valence-corrected chi connectivity index (χ2v) is 5.20. The molecule has 1 aromatic rings. The van der Waals surface area contributed by atoms with Gasteiger partial charge in [0.15, 0.2) is 0 Å². The molecule has 0 amide bonds. The van der Waals surface area contributed by atoms with Crippen molar-refractivity contribution < 1.29 is 14.9 Å². The lowest BCUT2D eigenvalue weighted by molar-refractivity contribution is 0.107. The molecule has 102 valence electrons. The fraction of sp³-hybridized carbons (Fsp3) is 0.467. The van der Waals surface area contributed by atoms with Crippen LogP contribution in [0.25, 0.3) is 0 Å². The summed E-state index contributed by atoms with van der Waals surface area (Å²) < 4.78 is 5.23. The van der Waals surface area contributed by atoms with Crippen molar-refractivity contribution in [3.05, 3.63) is 34.9 Å². The average Bonchev–Trinajstić information content (AvgIpc) is 2.70. The molecular formula is C15H17ClO3. The van der Waals surface area contributed by atoms with Crippen molar-refractivity contribution >= 4 is 11.6 Å². The van der Waals surface area contributed by atoms with Gasteiger partial charge in [0.1, 0.15) is 12.7 Å². The lowest BCUT2D eigenvalue weighted by Gasteiger charge is -2.12. The summed E-state index contributed by atoms with van der Waals surface area (Å²) in [7, 11) is 0. The van der Waals surface area contributed by atoms with Crippen LogP contribution in [0.1, 0.15) is 24.8 Å². The van der Waals surface area contributed by atoms with Gasteiger partial charge in [-0.25, -0.2) is 0 Å². The minimum absolute atomic E-state index is 0.108. The molecule has 1 aliphatic rings. The Morgan fingerprint density at radius 1 is 1.26 bits per heavy atom. The minimum atomic E-state index is -0.421. The van der Waals surface area contributed by atoms with Gasteiger partial charge in [0.25, 0.3) is 0 Å². The molecule has 1 unspecified atom stereocenters. The summed E-state index contributed by atoms with van der Waals surface area (Å²) in [5.74, 6) is 2.95. The van der Waals surface area contributed by atoms with Gasteiger partial charge in [0.05, 0.1) is 17.2 Å². The Hall–Kier alpha value is -1.21. The zero-order valence-electron chi connectivity index (χ0n) is 10.6. The monoisotopic (exact) mass is 280 g/mol. The number of benzene rings is 1. The maximum absolute atomic E-state index is 9.66. The number of halogens is 1. The summed E-state index contributed by atoms with van der Waals surface area (Å²) in [4.78, 5) is 0. The van der Waals surface area contributed by atoms with Crippen LogP contribution in [0.3, 0.4) is 0 Å². The van der Waals surface area contributed by atoms with Crippen LogP contribution < -0.4 is 0 Å². The van der Waals surface area contributed by atoms with E-state index in [4.69, 9.17) is 16.3 Å². The van der Waals surface area contributed by atoms with Gasteiger partial charge >= 0.3 is 0 Å². The molecule has 1 aromatic carbocycles. The van der Waals surface area contributed by atoms with E-state index in [0.717, 1.165) is 5.56 Å². The standard InChI is InChI=1S/C15H17ClO3/c16-14-4-2-1-3-11(14)5-7-19-8-6-12-9-13(17)10-15(12)18/h1-4,12-13,15,17-18H,6,8-10H2/t12?,13-,15-/m1/s1. The summed E-state index contributed by atoms with van der Waals surface area (Å²) in [5, 5.41) is 19.7. The van der Waals surface area contributed by atoms with Gasteiger partial charge in [-0.05, 0) is 43.2 Å². The van der Waals surface area contributed by atoms with Crippen molar-refractivity contribution in [1.29, 1.82) is 0 Å². The van der Waals surface area contributed by atoms with Gasteiger partial charge < -0.3 is 14.9 Å². The van der Waals surface area contributed by atoms with Crippen LogP contribution in [0.15, 0.2) is 24.3 Å². The van der Waals surface area contributed by atoms with Crippen LogP contribution in [0.4, 0.5) is 0 Å². The summed E-state index contributed by atoms with van der Waals surface area (Å²) in [6.45, 7) is 0.450. The highest BCUT2D eigenvalue weighted by Gasteiger charge is 2.31. The highest BCUT2D eigenvalue weighted by molar-refractivity contribution is 6.31. The molecule has 1 fully saturated rings. The molecule has 2 N–H and O–H groups in total. The first kappa shape index (κ1) is 14.2. The van der Waals surface area contributed by atoms with E-state index in [1.54, 1.807) is 6.07 Å². The first-order valence-corrected chi connectivity index (χ1v) is 6.78. The molecule has 3 atom stereocenters. The highest BCUT2D eigenvalue weighted by atomic mass is 35.5. The smallest absolute Gasteiger partial charge is 0.115 e. The molecule has 1 aliphatic carbocycles. The van der Waals surface area contributed by atoms with Crippen molar-refractivity contribution in [2.24, 2.45) is 5.92 Å². The van der Waals surface area contributed by atoms with Crippen LogP contribution in [0.2, 0.25) is 5.02 Å². The van der Waals surface area contributed by atoms with E-state index in [2.05, 4.69) is 12.0 Å². The predicted octanol–water partition coefficient (Wildman–Crippen LogP) is 2.19. The molecule has 0 spiro atoms.